The Hall–Kier alpha value is -1.77. The smallest absolute Gasteiger partial charge is 0.337 e. The zero-order chi connectivity index (χ0) is 13.3. The second-order valence-electron chi connectivity index (χ2n) is 5.87. The van der Waals surface area contributed by atoms with Crippen LogP contribution in [-0.2, 0) is 6.54 Å². The van der Waals surface area contributed by atoms with Gasteiger partial charge in [0, 0.05) is 18.1 Å². The maximum absolute atomic E-state index is 11.3. The molecule has 1 heterocycles. The lowest BCUT2D eigenvalue weighted by molar-refractivity contribution is 0.0698. The average Bonchev–Trinajstić information content (AvgIpc) is 2.68. The molecule has 0 spiro atoms. The average molecular weight is 245 g/mol. The number of nitrogens with zero attached hydrogens (tertiary/aromatic N) is 1. The van der Waals surface area contributed by atoms with E-state index in [2.05, 4.69) is 20.8 Å². The maximum Gasteiger partial charge on any atom is 0.337 e. The largest absolute Gasteiger partial charge is 0.478 e. The molecule has 1 aromatic heterocycles. The Morgan fingerprint density at radius 1 is 1.28 bits per heavy atom. The van der Waals surface area contributed by atoms with E-state index < -0.39 is 5.97 Å². The Morgan fingerprint density at radius 3 is 2.61 bits per heavy atom. The Bertz CT molecular complexity index is 576. The number of rotatable bonds is 3. The van der Waals surface area contributed by atoms with Crippen LogP contribution in [0.3, 0.4) is 0 Å². The second-order valence-corrected chi connectivity index (χ2v) is 5.87. The Morgan fingerprint density at radius 2 is 2.00 bits per heavy atom. The monoisotopic (exact) mass is 245 g/mol. The van der Waals surface area contributed by atoms with E-state index in [-0.39, 0.29) is 5.41 Å². The third kappa shape index (κ3) is 2.55. The van der Waals surface area contributed by atoms with Crippen LogP contribution < -0.4 is 0 Å². The summed E-state index contributed by atoms with van der Waals surface area (Å²) in [4.78, 5) is 11.3. The van der Waals surface area contributed by atoms with Crippen molar-refractivity contribution in [1.82, 2.24) is 4.57 Å². The van der Waals surface area contributed by atoms with E-state index in [4.69, 9.17) is 0 Å². The molecule has 0 amide bonds. The highest BCUT2D eigenvalue weighted by Gasteiger charge is 2.14. The first-order valence-electron chi connectivity index (χ1n) is 6.20. The number of carbonyl (C=O) groups is 1. The zero-order valence-electron chi connectivity index (χ0n) is 11.1. The molecule has 0 aliphatic carbocycles. The summed E-state index contributed by atoms with van der Waals surface area (Å²) in [5.41, 5.74) is 1.45. The fourth-order valence-electron chi connectivity index (χ4n) is 2.08. The summed E-state index contributed by atoms with van der Waals surface area (Å²) in [7, 11) is 0. The Balaban J connectivity index is 2.42. The van der Waals surface area contributed by atoms with Crippen LogP contribution in [0.25, 0.3) is 10.9 Å². The summed E-state index contributed by atoms with van der Waals surface area (Å²) in [6.07, 6.45) is 2.99. The van der Waals surface area contributed by atoms with Gasteiger partial charge in [-0.2, -0.15) is 0 Å². The van der Waals surface area contributed by atoms with E-state index in [1.807, 2.05) is 22.9 Å². The molecule has 0 saturated carbocycles. The van der Waals surface area contributed by atoms with Gasteiger partial charge in [-0.15, -0.1) is 0 Å². The van der Waals surface area contributed by atoms with Gasteiger partial charge in [-0.1, -0.05) is 32.9 Å². The van der Waals surface area contributed by atoms with Gasteiger partial charge in [0.05, 0.1) is 11.1 Å². The SMILES string of the molecule is CC(C)(C)CCn1ccc2cccc(C(=O)O)c21. The minimum Gasteiger partial charge on any atom is -0.478 e. The highest BCUT2D eigenvalue weighted by Crippen LogP contribution is 2.24. The van der Waals surface area contributed by atoms with Gasteiger partial charge in [-0.05, 0) is 24.0 Å². The van der Waals surface area contributed by atoms with Crippen LogP contribution in [0.4, 0.5) is 0 Å². The van der Waals surface area contributed by atoms with Crippen molar-refractivity contribution in [3.63, 3.8) is 0 Å². The van der Waals surface area contributed by atoms with Gasteiger partial charge in [0.2, 0.25) is 0 Å². The number of fused-ring (bicyclic) bond motifs is 1. The Labute approximate surface area is 107 Å². The number of aromatic nitrogens is 1. The van der Waals surface area contributed by atoms with E-state index in [9.17, 15) is 9.90 Å². The summed E-state index contributed by atoms with van der Waals surface area (Å²) >= 11 is 0. The molecule has 2 aromatic rings. The van der Waals surface area contributed by atoms with Crippen molar-refractivity contribution in [2.75, 3.05) is 0 Å². The molecule has 96 valence electrons. The molecule has 3 heteroatoms. The predicted molar refractivity (Wildman–Crippen MR) is 73.0 cm³/mol. The zero-order valence-corrected chi connectivity index (χ0v) is 11.1. The molecule has 0 bridgehead atoms. The van der Waals surface area contributed by atoms with Crippen LogP contribution in [0.1, 0.15) is 37.6 Å². The van der Waals surface area contributed by atoms with E-state index in [0.717, 1.165) is 23.9 Å². The third-order valence-electron chi connectivity index (χ3n) is 3.12. The molecule has 0 radical (unpaired) electrons. The summed E-state index contributed by atoms with van der Waals surface area (Å²) in [6.45, 7) is 7.42. The molecule has 18 heavy (non-hydrogen) atoms. The van der Waals surface area contributed by atoms with Gasteiger partial charge >= 0.3 is 5.97 Å². The van der Waals surface area contributed by atoms with Crippen molar-refractivity contribution in [2.24, 2.45) is 5.41 Å². The van der Waals surface area contributed by atoms with E-state index >= 15 is 0 Å². The minimum absolute atomic E-state index is 0.245. The summed E-state index contributed by atoms with van der Waals surface area (Å²) in [5, 5.41) is 10.2. The van der Waals surface area contributed by atoms with Gasteiger partial charge in [0.15, 0.2) is 0 Å². The molecule has 0 aliphatic heterocycles. The van der Waals surface area contributed by atoms with Crippen LogP contribution in [0.15, 0.2) is 30.5 Å². The molecule has 0 fully saturated rings. The fourth-order valence-corrected chi connectivity index (χ4v) is 2.08. The van der Waals surface area contributed by atoms with E-state index in [1.165, 1.54) is 0 Å². The van der Waals surface area contributed by atoms with Gasteiger partial charge in [0.1, 0.15) is 0 Å². The van der Waals surface area contributed by atoms with Gasteiger partial charge < -0.3 is 9.67 Å². The summed E-state index contributed by atoms with van der Waals surface area (Å²) < 4.78 is 2.05. The number of hydrogen-bond donors (Lipinski definition) is 1. The number of aryl methyl sites for hydroxylation is 1. The number of aromatic carboxylic acids is 1. The number of benzene rings is 1. The van der Waals surface area contributed by atoms with Crippen LogP contribution in [0.5, 0.6) is 0 Å². The topological polar surface area (TPSA) is 42.2 Å². The molecule has 3 nitrogen and oxygen atoms in total. The van der Waals surface area contributed by atoms with Crippen molar-refractivity contribution >= 4 is 16.9 Å². The normalized spacial score (nSPS) is 11.9. The molecular weight excluding hydrogens is 226 g/mol. The molecule has 1 aromatic carbocycles. The van der Waals surface area contributed by atoms with Crippen molar-refractivity contribution in [3.05, 3.63) is 36.0 Å². The quantitative estimate of drug-likeness (QED) is 0.894. The number of para-hydroxylation sites is 1. The first-order valence-corrected chi connectivity index (χ1v) is 6.20. The van der Waals surface area contributed by atoms with Crippen LogP contribution >= 0.6 is 0 Å². The molecule has 0 saturated heterocycles. The number of carboxylic acid groups (broad SMARTS) is 1. The fraction of sp³-hybridized carbons (Fsp3) is 0.400. The van der Waals surface area contributed by atoms with Crippen LogP contribution in [0, 0.1) is 5.41 Å². The predicted octanol–water partition coefficient (Wildman–Crippen LogP) is 3.78. The number of carboxylic acids is 1. The van der Waals surface area contributed by atoms with Crippen LogP contribution in [-0.4, -0.2) is 15.6 Å². The van der Waals surface area contributed by atoms with Crippen molar-refractivity contribution < 1.29 is 9.90 Å². The lowest BCUT2D eigenvalue weighted by Crippen LogP contribution is -2.11. The third-order valence-corrected chi connectivity index (χ3v) is 3.12. The van der Waals surface area contributed by atoms with Crippen molar-refractivity contribution in [2.45, 2.75) is 33.7 Å². The summed E-state index contributed by atoms with van der Waals surface area (Å²) in [5.74, 6) is -0.865. The first kappa shape index (κ1) is 12.7. The highest BCUT2D eigenvalue weighted by atomic mass is 16.4. The lowest BCUT2D eigenvalue weighted by atomic mass is 9.92. The Kier molecular flexibility index (Phi) is 3.16. The molecule has 0 unspecified atom stereocenters. The van der Waals surface area contributed by atoms with Gasteiger partial charge in [0.25, 0.3) is 0 Å². The molecule has 0 aliphatic rings. The number of hydrogen-bond acceptors (Lipinski definition) is 1. The van der Waals surface area contributed by atoms with Gasteiger partial charge in [-0.25, -0.2) is 4.79 Å². The molecule has 2 rings (SSSR count). The molecular formula is C15H19NO2. The molecule has 1 N–H and O–H groups in total. The lowest BCUT2D eigenvalue weighted by Gasteiger charge is -2.19. The first-order chi connectivity index (χ1) is 8.38. The standard InChI is InChI=1S/C15H19NO2/c1-15(2,3)8-10-16-9-7-11-5-4-6-12(13(11)16)14(17)18/h4-7,9H,8,10H2,1-3H3,(H,17,18). The van der Waals surface area contributed by atoms with Crippen molar-refractivity contribution in [3.8, 4) is 0 Å². The molecule has 0 atom stereocenters. The van der Waals surface area contributed by atoms with E-state index in [1.54, 1.807) is 12.1 Å². The van der Waals surface area contributed by atoms with Crippen molar-refractivity contribution in [1.29, 1.82) is 0 Å². The van der Waals surface area contributed by atoms with E-state index in [0.29, 0.717) is 5.56 Å². The van der Waals surface area contributed by atoms with Gasteiger partial charge in [-0.3, -0.25) is 0 Å². The second kappa shape index (κ2) is 4.48. The minimum atomic E-state index is -0.865. The van der Waals surface area contributed by atoms with Crippen LogP contribution in [0.2, 0.25) is 0 Å². The highest BCUT2D eigenvalue weighted by molar-refractivity contribution is 6.02. The maximum atomic E-state index is 11.3. The summed E-state index contributed by atoms with van der Waals surface area (Å²) in [6, 6.07) is 7.39.